The second-order valence-corrected chi connectivity index (χ2v) is 11.2. The molecule has 0 unspecified atom stereocenters. The summed E-state index contributed by atoms with van der Waals surface area (Å²) in [6.45, 7) is 6.19. The Morgan fingerprint density at radius 1 is 0.975 bits per heavy atom. The first-order chi connectivity index (χ1) is 19.2. The first-order valence-corrected chi connectivity index (χ1v) is 13.7. The van der Waals surface area contributed by atoms with Crippen LogP contribution >= 0.6 is 15.9 Å². The summed E-state index contributed by atoms with van der Waals surface area (Å²) in [5.74, 6) is -0.520. The molecule has 1 atom stereocenters. The highest BCUT2D eigenvalue weighted by atomic mass is 79.9. The number of halogens is 1. The van der Waals surface area contributed by atoms with E-state index in [0.29, 0.717) is 13.2 Å². The molecule has 0 aliphatic carbocycles. The number of para-hydroxylation sites is 1. The zero-order chi connectivity index (χ0) is 28.5. The van der Waals surface area contributed by atoms with E-state index >= 15 is 0 Å². The summed E-state index contributed by atoms with van der Waals surface area (Å²) in [6.07, 6.45) is 2.89. The van der Waals surface area contributed by atoms with E-state index in [1.54, 1.807) is 27.0 Å². The van der Waals surface area contributed by atoms with Gasteiger partial charge in [-0.1, -0.05) is 76.6 Å². The molecule has 4 aromatic rings. The highest BCUT2D eigenvalue weighted by molar-refractivity contribution is 9.10. The Morgan fingerprint density at radius 3 is 2.40 bits per heavy atom. The van der Waals surface area contributed by atoms with Gasteiger partial charge in [0.2, 0.25) is 0 Å². The largest absolute Gasteiger partial charge is 0.444 e. The summed E-state index contributed by atoms with van der Waals surface area (Å²) in [6, 6.07) is 24.8. The third-order valence-electron chi connectivity index (χ3n) is 5.87. The number of nitrogens with zero attached hydrogens (tertiary/aromatic N) is 2. The van der Waals surface area contributed by atoms with Crippen molar-refractivity contribution in [3.63, 3.8) is 0 Å². The van der Waals surface area contributed by atoms with Gasteiger partial charge in [-0.25, -0.2) is 10.2 Å². The molecule has 4 rings (SSSR count). The van der Waals surface area contributed by atoms with E-state index in [9.17, 15) is 9.59 Å². The lowest BCUT2D eigenvalue weighted by molar-refractivity contribution is -0.124. The minimum absolute atomic E-state index is 0.0536. The fourth-order valence-corrected chi connectivity index (χ4v) is 4.30. The van der Waals surface area contributed by atoms with Crippen LogP contribution < -0.4 is 10.7 Å². The highest BCUT2D eigenvalue weighted by Crippen LogP contribution is 2.22. The number of hydrogen-bond acceptors (Lipinski definition) is 5. The molecule has 0 saturated carbocycles. The van der Waals surface area contributed by atoms with Gasteiger partial charge in [0, 0.05) is 33.7 Å². The third kappa shape index (κ3) is 8.53. The topological polar surface area (TPSA) is 93.9 Å². The number of fused-ring (bicyclic) bond motifs is 1. The van der Waals surface area contributed by atoms with E-state index in [1.165, 1.54) is 0 Å². The van der Waals surface area contributed by atoms with Crippen molar-refractivity contribution in [2.24, 2.45) is 5.10 Å². The lowest BCUT2D eigenvalue weighted by Gasteiger charge is -2.22. The Labute approximate surface area is 242 Å². The first-order valence-electron chi connectivity index (χ1n) is 12.9. The van der Waals surface area contributed by atoms with E-state index < -0.39 is 23.6 Å². The molecular weight excluding hydrogens is 572 g/mol. The van der Waals surface area contributed by atoms with E-state index in [2.05, 4.69) is 54.5 Å². The monoisotopic (exact) mass is 604 g/mol. The summed E-state index contributed by atoms with van der Waals surface area (Å²) in [5.41, 5.74) is 5.85. The minimum atomic E-state index is -1.01. The molecule has 1 heterocycles. The lowest BCUT2D eigenvalue weighted by atomic mass is 10.2. The van der Waals surface area contributed by atoms with Crippen molar-refractivity contribution < 1.29 is 19.1 Å². The maximum absolute atomic E-state index is 13.0. The standard InChI is InChI=1S/C31H33BrN4O4/c1-31(2,3)40-30(38)34-27(21-39-20-23-9-5-4-6-10-23)29(37)35-33-17-24-19-36(28-12-8-7-11-26(24)28)18-22-13-15-25(32)16-14-22/h4-17,19,27H,18,20-21H2,1-3H3,(H,34,38)(H,35,37)/b33-17-/t27-/m0/s1. The average Bonchev–Trinajstić information content (AvgIpc) is 3.26. The van der Waals surface area contributed by atoms with Gasteiger partial charge in [0.1, 0.15) is 11.6 Å². The molecule has 2 amide bonds. The minimum Gasteiger partial charge on any atom is -0.444 e. The maximum atomic E-state index is 13.0. The van der Waals surface area contributed by atoms with Gasteiger partial charge in [0.25, 0.3) is 5.91 Å². The van der Waals surface area contributed by atoms with Crippen molar-refractivity contribution in [2.75, 3.05) is 6.61 Å². The van der Waals surface area contributed by atoms with Crippen LogP contribution in [0.5, 0.6) is 0 Å². The molecule has 0 aliphatic rings. The van der Waals surface area contributed by atoms with E-state index in [0.717, 1.165) is 32.1 Å². The number of ether oxygens (including phenoxy) is 2. The highest BCUT2D eigenvalue weighted by Gasteiger charge is 2.24. The molecule has 9 heteroatoms. The lowest BCUT2D eigenvalue weighted by Crippen LogP contribution is -2.49. The molecule has 0 saturated heterocycles. The van der Waals surface area contributed by atoms with Gasteiger partial charge in [0.15, 0.2) is 0 Å². The molecule has 8 nitrogen and oxygen atoms in total. The number of hydrogen-bond donors (Lipinski definition) is 2. The van der Waals surface area contributed by atoms with Crippen LogP contribution in [0.25, 0.3) is 10.9 Å². The average molecular weight is 606 g/mol. The molecular formula is C31H33BrN4O4. The molecule has 0 aliphatic heterocycles. The Kier molecular flexibility index (Phi) is 9.74. The predicted octanol–water partition coefficient (Wildman–Crippen LogP) is 6.01. The molecule has 0 fully saturated rings. The number of hydrazone groups is 1. The summed E-state index contributed by atoms with van der Waals surface area (Å²) >= 11 is 3.48. The van der Waals surface area contributed by atoms with Crippen LogP contribution in [0.4, 0.5) is 4.79 Å². The number of amides is 2. The molecule has 0 spiro atoms. The Balaban J connectivity index is 1.45. The van der Waals surface area contributed by atoms with Gasteiger partial charge in [-0.2, -0.15) is 5.10 Å². The summed E-state index contributed by atoms with van der Waals surface area (Å²) < 4.78 is 14.2. The van der Waals surface area contributed by atoms with Gasteiger partial charge >= 0.3 is 6.09 Å². The van der Waals surface area contributed by atoms with Crippen LogP contribution in [-0.4, -0.2) is 41.0 Å². The zero-order valence-electron chi connectivity index (χ0n) is 22.8. The van der Waals surface area contributed by atoms with E-state index in [-0.39, 0.29) is 6.61 Å². The van der Waals surface area contributed by atoms with Crippen molar-refractivity contribution >= 4 is 45.0 Å². The summed E-state index contributed by atoms with van der Waals surface area (Å²) in [4.78, 5) is 25.4. The van der Waals surface area contributed by atoms with Crippen LogP contribution in [0, 0.1) is 0 Å². The molecule has 0 radical (unpaired) electrons. The molecule has 208 valence electrons. The van der Waals surface area contributed by atoms with Crippen molar-refractivity contribution in [1.82, 2.24) is 15.3 Å². The smallest absolute Gasteiger partial charge is 0.408 e. The van der Waals surface area contributed by atoms with Crippen molar-refractivity contribution in [3.8, 4) is 0 Å². The molecule has 2 N–H and O–H groups in total. The predicted molar refractivity (Wildman–Crippen MR) is 160 cm³/mol. The fraction of sp³-hybridized carbons (Fsp3) is 0.258. The molecule has 3 aromatic carbocycles. The van der Waals surface area contributed by atoms with Crippen molar-refractivity contribution in [2.45, 2.75) is 45.6 Å². The van der Waals surface area contributed by atoms with Gasteiger partial charge in [-0.05, 0) is 50.1 Å². The Hall–Kier alpha value is -3.95. The summed E-state index contributed by atoms with van der Waals surface area (Å²) in [5, 5.41) is 7.80. The maximum Gasteiger partial charge on any atom is 0.408 e. The zero-order valence-corrected chi connectivity index (χ0v) is 24.4. The number of carbonyl (C=O) groups excluding carboxylic acids is 2. The fourth-order valence-electron chi connectivity index (χ4n) is 4.04. The normalized spacial score (nSPS) is 12.4. The number of rotatable bonds is 10. The first kappa shape index (κ1) is 29.0. The Morgan fingerprint density at radius 2 is 1.68 bits per heavy atom. The number of alkyl carbamates (subject to hydrolysis) is 1. The summed E-state index contributed by atoms with van der Waals surface area (Å²) in [7, 11) is 0. The molecule has 0 bridgehead atoms. The van der Waals surface area contributed by atoms with Crippen LogP contribution in [-0.2, 0) is 27.4 Å². The van der Waals surface area contributed by atoms with Gasteiger partial charge in [0.05, 0.1) is 19.4 Å². The van der Waals surface area contributed by atoms with E-state index in [4.69, 9.17) is 9.47 Å². The number of aromatic nitrogens is 1. The molecule has 1 aromatic heterocycles. The molecule has 40 heavy (non-hydrogen) atoms. The third-order valence-corrected chi connectivity index (χ3v) is 6.40. The van der Waals surface area contributed by atoms with Crippen LogP contribution in [0.2, 0.25) is 0 Å². The van der Waals surface area contributed by atoms with E-state index in [1.807, 2.05) is 66.9 Å². The van der Waals surface area contributed by atoms with Crippen molar-refractivity contribution in [1.29, 1.82) is 0 Å². The SMILES string of the molecule is CC(C)(C)OC(=O)N[C@@H](COCc1ccccc1)C(=O)N/N=C\c1cn(Cc2ccc(Br)cc2)c2ccccc12. The van der Waals surface area contributed by atoms with Gasteiger partial charge in [-0.15, -0.1) is 0 Å². The number of carbonyl (C=O) groups is 2. The number of benzene rings is 3. The van der Waals surface area contributed by atoms with Gasteiger partial charge in [-0.3, -0.25) is 4.79 Å². The Bertz CT molecular complexity index is 1460. The van der Waals surface area contributed by atoms with Crippen LogP contribution in [0.3, 0.4) is 0 Å². The van der Waals surface area contributed by atoms with Gasteiger partial charge < -0.3 is 19.4 Å². The van der Waals surface area contributed by atoms with Crippen LogP contribution in [0.1, 0.15) is 37.5 Å². The van der Waals surface area contributed by atoms with Crippen LogP contribution in [0.15, 0.2) is 94.6 Å². The quantitative estimate of drug-likeness (QED) is 0.171. The second kappa shape index (κ2) is 13.4. The number of nitrogens with one attached hydrogen (secondary N) is 2. The van der Waals surface area contributed by atoms with Crippen molar-refractivity contribution in [3.05, 3.63) is 106 Å². The second-order valence-electron chi connectivity index (χ2n) is 10.3.